The van der Waals surface area contributed by atoms with E-state index in [-0.39, 0.29) is 5.75 Å². The number of phenolic OH excluding ortho intramolecular Hbond substituents is 1. The van der Waals surface area contributed by atoms with Gasteiger partial charge >= 0.3 is 0 Å². The molecule has 0 unspecified atom stereocenters. The van der Waals surface area contributed by atoms with Gasteiger partial charge in [0.05, 0.1) is 5.56 Å². The summed E-state index contributed by atoms with van der Waals surface area (Å²) in [6, 6.07) is 10.8. The van der Waals surface area contributed by atoms with Crippen LogP contribution in [0.2, 0.25) is 0 Å². The first kappa shape index (κ1) is 11.2. The lowest BCUT2D eigenvalue weighted by Gasteiger charge is -2.05. The topological polar surface area (TPSA) is 74.2 Å². The number of fused-ring (bicyclic) bond motifs is 1. The zero-order chi connectivity index (χ0) is 13.4. The minimum absolute atomic E-state index is 0.214. The van der Waals surface area contributed by atoms with Gasteiger partial charge in [-0.3, -0.25) is 4.40 Å². The fourth-order valence-corrected chi connectivity index (χ4v) is 2.01. The van der Waals surface area contributed by atoms with Crippen molar-refractivity contribution in [2.75, 3.05) is 0 Å². The number of hydrogen-bond acceptors (Lipinski definition) is 4. The maximum atomic E-state index is 9.76. The Hall–Kier alpha value is -2.87. The van der Waals surface area contributed by atoms with Crippen LogP contribution < -0.4 is 0 Å². The molecule has 0 saturated heterocycles. The van der Waals surface area contributed by atoms with E-state index in [1.54, 1.807) is 34.9 Å². The molecule has 2 aromatic heterocycles. The number of aromatic nitrogens is 3. The first-order chi connectivity index (χ1) is 9.20. The molecule has 0 aliphatic carbocycles. The first-order valence-electron chi connectivity index (χ1n) is 5.74. The number of aromatic hydroxyl groups is 1. The van der Waals surface area contributed by atoms with Crippen molar-refractivity contribution in [1.82, 2.24) is 14.6 Å². The molecule has 1 aromatic carbocycles. The predicted molar refractivity (Wildman–Crippen MR) is 69.5 cm³/mol. The summed E-state index contributed by atoms with van der Waals surface area (Å²) in [5, 5.41) is 26.9. The second kappa shape index (κ2) is 4.10. The zero-order valence-electron chi connectivity index (χ0n) is 10.2. The highest BCUT2D eigenvalue weighted by molar-refractivity contribution is 5.66. The van der Waals surface area contributed by atoms with Crippen molar-refractivity contribution in [3.8, 4) is 23.2 Å². The molecule has 3 rings (SSSR count). The summed E-state index contributed by atoms with van der Waals surface area (Å²) in [7, 11) is 0. The molecule has 0 radical (unpaired) electrons. The number of nitrogens with zero attached hydrogens (tertiary/aromatic N) is 4. The molecule has 5 nitrogen and oxygen atoms in total. The van der Waals surface area contributed by atoms with Gasteiger partial charge in [-0.15, -0.1) is 10.2 Å². The number of hydrogen-bond donors (Lipinski definition) is 1. The third-order valence-corrected chi connectivity index (χ3v) is 3.08. The molecule has 0 atom stereocenters. The first-order valence-corrected chi connectivity index (χ1v) is 5.74. The Kier molecular flexibility index (Phi) is 2.43. The summed E-state index contributed by atoms with van der Waals surface area (Å²) in [5.74, 6) is 0.825. The number of phenols is 1. The Bertz CT molecular complexity index is 814. The smallest absolute Gasteiger partial charge is 0.168 e. The largest absolute Gasteiger partial charge is 0.508 e. The van der Waals surface area contributed by atoms with Crippen molar-refractivity contribution >= 4 is 5.65 Å². The highest BCUT2D eigenvalue weighted by atomic mass is 16.3. The SMILES string of the molecule is Cc1c(O)cccc1-c1nnc2ccc(C#N)cn12. The van der Waals surface area contributed by atoms with Gasteiger partial charge in [0.25, 0.3) is 0 Å². The van der Waals surface area contributed by atoms with E-state index >= 15 is 0 Å². The molecule has 0 bridgehead atoms. The van der Waals surface area contributed by atoms with E-state index in [2.05, 4.69) is 16.3 Å². The van der Waals surface area contributed by atoms with Crippen molar-refractivity contribution in [3.05, 3.63) is 47.7 Å². The van der Waals surface area contributed by atoms with Gasteiger partial charge in [-0.2, -0.15) is 5.26 Å². The maximum Gasteiger partial charge on any atom is 0.168 e. The summed E-state index contributed by atoms with van der Waals surface area (Å²) in [5.41, 5.74) is 2.73. The lowest BCUT2D eigenvalue weighted by molar-refractivity contribution is 0.471. The number of benzene rings is 1. The summed E-state index contributed by atoms with van der Waals surface area (Å²) >= 11 is 0. The van der Waals surface area contributed by atoms with Crippen molar-refractivity contribution in [2.24, 2.45) is 0 Å². The molecule has 0 aliphatic rings. The standard InChI is InChI=1S/C14H10N4O/c1-9-11(3-2-4-12(9)19)14-17-16-13-6-5-10(7-15)8-18(13)14/h2-6,8,19H,1H3. The molecule has 0 spiro atoms. The van der Waals surface area contributed by atoms with Crippen molar-refractivity contribution < 1.29 is 5.11 Å². The second-order valence-electron chi connectivity index (χ2n) is 4.23. The van der Waals surface area contributed by atoms with Crippen LogP contribution in [0, 0.1) is 18.3 Å². The molecule has 2 heterocycles. The van der Waals surface area contributed by atoms with E-state index in [1.165, 1.54) is 0 Å². The molecule has 0 amide bonds. The van der Waals surface area contributed by atoms with Gasteiger partial charge in [0.15, 0.2) is 11.5 Å². The summed E-state index contributed by atoms with van der Waals surface area (Å²) < 4.78 is 1.75. The van der Waals surface area contributed by atoms with Crippen molar-refractivity contribution in [3.63, 3.8) is 0 Å². The van der Waals surface area contributed by atoms with Gasteiger partial charge in [-0.1, -0.05) is 12.1 Å². The normalized spacial score (nSPS) is 10.5. The molecule has 1 N–H and O–H groups in total. The Morgan fingerprint density at radius 2 is 2.05 bits per heavy atom. The van der Waals surface area contributed by atoms with Crippen LogP contribution in [-0.4, -0.2) is 19.7 Å². The van der Waals surface area contributed by atoms with E-state index in [0.29, 0.717) is 17.0 Å². The monoisotopic (exact) mass is 250 g/mol. The van der Waals surface area contributed by atoms with Crippen LogP contribution >= 0.6 is 0 Å². The quantitative estimate of drug-likeness (QED) is 0.719. The fourth-order valence-electron chi connectivity index (χ4n) is 2.01. The van der Waals surface area contributed by atoms with Gasteiger partial charge in [0, 0.05) is 17.3 Å². The van der Waals surface area contributed by atoms with Crippen LogP contribution in [0.4, 0.5) is 0 Å². The fraction of sp³-hybridized carbons (Fsp3) is 0.0714. The number of rotatable bonds is 1. The average molecular weight is 250 g/mol. The van der Waals surface area contributed by atoms with Crippen LogP contribution in [0.3, 0.4) is 0 Å². The maximum absolute atomic E-state index is 9.76. The van der Waals surface area contributed by atoms with Crippen LogP contribution in [0.1, 0.15) is 11.1 Å². The number of pyridine rings is 1. The molecule has 0 aliphatic heterocycles. The zero-order valence-corrected chi connectivity index (χ0v) is 10.2. The highest BCUT2D eigenvalue weighted by Crippen LogP contribution is 2.28. The lowest BCUT2D eigenvalue weighted by atomic mass is 10.1. The molecule has 92 valence electrons. The van der Waals surface area contributed by atoms with Gasteiger partial charge in [0.2, 0.25) is 0 Å². The summed E-state index contributed by atoms with van der Waals surface area (Å²) in [4.78, 5) is 0. The molecule has 0 fully saturated rings. The van der Waals surface area contributed by atoms with E-state index in [1.807, 2.05) is 13.0 Å². The lowest BCUT2D eigenvalue weighted by Crippen LogP contribution is -1.93. The van der Waals surface area contributed by atoms with E-state index in [4.69, 9.17) is 5.26 Å². The third-order valence-electron chi connectivity index (χ3n) is 3.08. The molecule has 5 heteroatoms. The average Bonchev–Trinajstić information content (AvgIpc) is 2.84. The van der Waals surface area contributed by atoms with Crippen molar-refractivity contribution in [1.29, 1.82) is 5.26 Å². The second-order valence-corrected chi connectivity index (χ2v) is 4.23. The highest BCUT2D eigenvalue weighted by Gasteiger charge is 2.12. The number of nitriles is 1. The van der Waals surface area contributed by atoms with Gasteiger partial charge in [0.1, 0.15) is 11.8 Å². The molecule has 19 heavy (non-hydrogen) atoms. The van der Waals surface area contributed by atoms with Crippen LogP contribution in [0.15, 0.2) is 36.5 Å². The van der Waals surface area contributed by atoms with Crippen LogP contribution in [0.25, 0.3) is 17.0 Å². The Labute approximate surface area is 109 Å². The van der Waals surface area contributed by atoms with Crippen molar-refractivity contribution in [2.45, 2.75) is 6.92 Å². The van der Waals surface area contributed by atoms with Crippen LogP contribution in [0.5, 0.6) is 5.75 Å². The van der Waals surface area contributed by atoms with Gasteiger partial charge in [-0.05, 0) is 25.1 Å². The van der Waals surface area contributed by atoms with E-state index < -0.39 is 0 Å². The minimum atomic E-state index is 0.214. The summed E-state index contributed by atoms with van der Waals surface area (Å²) in [6.07, 6.45) is 1.69. The molecular weight excluding hydrogens is 240 g/mol. The van der Waals surface area contributed by atoms with Gasteiger partial charge in [-0.25, -0.2) is 0 Å². The Balaban J connectivity index is 2.31. The molecule has 3 aromatic rings. The summed E-state index contributed by atoms with van der Waals surface area (Å²) in [6.45, 7) is 1.82. The minimum Gasteiger partial charge on any atom is -0.508 e. The van der Waals surface area contributed by atoms with E-state index in [9.17, 15) is 5.11 Å². The van der Waals surface area contributed by atoms with E-state index in [0.717, 1.165) is 11.1 Å². The predicted octanol–water partition coefficient (Wildman–Crippen LogP) is 2.28. The Morgan fingerprint density at radius 1 is 1.21 bits per heavy atom. The third kappa shape index (κ3) is 1.70. The molecule has 0 saturated carbocycles. The van der Waals surface area contributed by atoms with Crippen LogP contribution in [-0.2, 0) is 0 Å². The Morgan fingerprint density at radius 3 is 2.84 bits per heavy atom. The van der Waals surface area contributed by atoms with Gasteiger partial charge < -0.3 is 5.11 Å². The molecular formula is C14H10N4O.